The van der Waals surface area contributed by atoms with E-state index in [4.69, 9.17) is 4.74 Å². The maximum atomic E-state index is 10.00. The fourth-order valence-corrected chi connectivity index (χ4v) is 2.63. The monoisotopic (exact) mass is 355 g/mol. The number of hydrogen-bond acceptors (Lipinski definition) is 3. The van der Waals surface area contributed by atoms with Gasteiger partial charge in [0.25, 0.3) is 0 Å². The smallest absolute Gasteiger partial charge is 0.191 e. The molecule has 2 aromatic rings. The molecule has 1 atom stereocenters. The first-order valence-corrected chi connectivity index (χ1v) is 9.07. The van der Waals surface area contributed by atoms with E-state index in [2.05, 4.69) is 46.8 Å². The zero-order valence-corrected chi connectivity index (χ0v) is 15.8. The first kappa shape index (κ1) is 19.6. The normalized spacial score (nSPS) is 12.5. The Bertz CT molecular complexity index is 702. The van der Waals surface area contributed by atoms with Gasteiger partial charge in [0.2, 0.25) is 0 Å². The van der Waals surface area contributed by atoms with Crippen LogP contribution in [-0.4, -0.2) is 30.8 Å². The first-order valence-electron chi connectivity index (χ1n) is 9.07. The Balaban J connectivity index is 1.95. The molecule has 2 aromatic carbocycles. The standard InChI is InChI=1S/C21H29N3O2/c1-4-22-21(23-15-18-14-19(26-3)12-13-20(18)25)24-16(2)10-11-17-8-6-5-7-9-17/h5-9,12-14,16,25H,4,10-11,15H2,1-3H3,(H2,22,23,24). The van der Waals surface area contributed by atoms with Crippen LogP contribution in [-0.2, 0) is 13.0 Å². The lowest BCUT2D eigenvalue weighted by molar-refractivity contribution is 0.411. The number of methoxy groups -OCH3 is 1. The zero-order valence-electron chi connectivity index (χ0n) is 15.8. The number of nitrogens with one attached hydrogen (secondary N) is 2. The van der Waals surface area contributed by atoms with Crippen molar-refractivity contribution < 1.29 is 9.84 Å². The highest BCUT2D eigenvalue weighted by molar-refractivity contribution is 5.80. The minimum absolute atomic E-state index is 0.225. The molecule has 140 valence electrons. The van der Waals surface area contributed by atoms with E-state index in [0.29, 0.717) is 12.3 Å². The quantitative estimate of drug-likeness (QED) is 0.501. The van der Waals surface area contributed by atoms with Crippen LogP contribution in [0.25, 0.3) is 0 Å². The summed E-state index contributed by atoms with van der Waals surface area (Å²) >= 11 is 0. The highest BCUT2D eigenvalue weighted by atomic mass is 16.5. The lowest BCUT2D eigenvalue weighted by Gasteiger charge is -2.18. The van der Waals surface area contributed by atoms with Crippen LogP contribution >= 0.6 is 0 Å². The minimum Gasteiger partial charge on any atom is -0.508 e. The van der Waals surface area contributed by atoms with Crippen molar-refractivity contribution in [3.05, 3.63) is 59.7 Å². The van der Waals surface area contributed by atoms with E-state index in [-0.39, 0.29) is 11.8 Å². The van der Waals surface area contributed by atoms with Crippen molar-refractivity contribution in [3.8, 4) is 11.5 Å². The Labute approximate surface area is 156 Å². The number of ether oxygens (including phenoxy) is 1. The van der Waals surface area contributed by atoms with Gasteiger partial charge in [-0.15, -0.1) is 0 Å². The van der Waals surface area contributed by atoms with Gasteiger partial charge in [-0.1, -0.05) is 30.3 Å². The van der Waals surface area contributed by atoms with Crippen molar-refractivity contribution in [2.24, 2.45) is 4.99 Å². The summed E-state index contributed by atoms with van der Waals surface area (Å²) in [6.07, 6.45) is 2.03. The predicted molar refractivity (Wildman–Crippen MR) is 107 cm³/mol. The zero-order chi connectivity index (χ0) is 18.8. The Morgan fingerprint density at radius 3 is 2.65 bits per heavy atom. The molecule has 0 fully saturated rings. The average molecular weight is 355 g/mol. The summed E-state index contributed by atoms with van der Waals surface area (Å²) in [4.78, 5) is 4.59. The summed E-state index contributed by atoms with van der Waals surface area (Å²) in [6, 6.07) is 15.9. The number of aromatic hydroxyl groups is 1. The van der Waals surface area contributed by atoms with E-state index in [1.807, 2.05) is 13.0 Å². The van der Waals surface area contributed by atoms with E-state index in [0.717, 1.165) is 30.9 Å². The third-order valence-electron chi connectivity index (χ3n) is 4.13. The van der Waals surface area contributed by atoms with E-state index in [9.17, 15) is 5.11 Å². The van der Waals surface area contributed by atoms with E-state index < -0.39 is 0 Å². The van der Waals surface area contributed by atoms with Gasteiger partial charge >= 0.3 is 0 Å². The van der Waals surface area contributed by atoms with Gasteiger partial charge in [0.15, 0.2) is 5.96 Å². The molecule has 0 aliphatic carbocycles. The maximum absolute atomic E-state index is 10.00. The van der Waals surface area contributed by atoms with Crippen LogP contribution in [0.15, 0.2) is 53.5 Å². The van der Waals surface area contributed by atoms with Crippen LogP contribution in [0.1, 0.15) is 31.4 Å². The number of phenolic OH excluding ortho intramolecular Hbond substituents is 1. The predicted octanol–water partition coefficient (Wildman–Crippen LogP) is 3.48. The molecular formula is C21H29N3O2. The molecule has 26 heavy (non-hydrogen) atoms. The van der Waals surface area contributed by atoms with Gasteiger partial charge in [0.05, 0.1) is 13.7 Å². The Kier molecular flexibility index (Phi) is 7.80. The molecule has 0 aromatic heterocycles. The molecule has 1 unspecified atom stereocenters. The van der Waals surface area contributed by atoms with Crippen molar-refractivity contribution in [2.45, 2.75) is 39.3 Å². The summed E-state index contributed by atoms with van der Waals surface area (Å²) in [5, 5.41) is 16.7. The van der Waals surface area contributed by atoms with E-state index >= 15 is 0 Å². The second kappa shape index (κ2) is 10.3. The Morgan fingerprint density at radius 2 is 1.96 bits per heavy atom. The number of guanidine groups is 1. The second-order valence-electron chi connectivity index (χ2n) is 6.26. The van der Waals surface area contributed by atoms with Crippen LogP contribution < -0.4 is 15.4 Å². The number of aryl methyl sites for hydroxylation is 1. The SMILES string of the molecule is CCNC(=NCc1cc(OC)ccc1O)NC(C)CCc1ccccc1. The van der Waals surface area contributed by atoms with Crippen LogP contribution in [0.4, 0.5) is 0 Å². The summed E-state index contributed by atoms with van der Waals surface area (Å²) < 4.78 is 5.21. The highest BCUT2D eigenvalue weighted by Gasteiger charge is 2.07. The van der Waals surface area contributed by atoms with E-state index in [1.165, 1.54) is 5.56 Å². The summed E-state index contributed by atoms with van der Waals surface area (Å²) in [6.45, 7) is 5.35. The third kappa shape index (κ3) is 6.31. The number of nitrogens with zero attached hydrogens (tertiary/aromatic N) is 1. The van der Waals surface area contributed by atoms with Crippen molar-refractivity contribution >= 4 is 5.96 Å². The summed E-state index contributed by atoms with van der Waals surface area (Å²) in [7, 11) is 1.61. The van der Waals surface area contributed by atoms with Crippen LogP contribution in [0, 0.1) is 0 Å². The van der Waals surface area contributed by atoms with Crippen LogP contribution in [0.3, 0.4) is 0 Å². The molecule has 0 amide bonds. The van der Waals surface area contributed by atoms with Gasteiger partial charge in [0, 0.05) is 18.2 Å². The number of hydrogen-bond donors (Lipinski definition) is 3. The molecule has 0 aliphatic rings. The van der Waals surface area contributed by atoms with Crippen LogP contribution in [0.5, 0.6) is 11.5 Å². The van der Waals surface area contributed by atoms with Crippen molar-refractivity contribution in [1.82, 2.24) is 10.6 Å². The molecule has 0 aliphatic heterocycles. The molecule has 0 bridgehead atoms. The average Bonchev–Trinajstić information content (AvgIpc) is 2.66. The molecule has 2 rings (SSSR count). The molecule has 5 heteroatoms. The molecule has 0 saturated heterocycles. The van der Waals surface area contributed by atoms with Gasteiger partial charge < -0.3 is 20.5 Å². The van der Waals surface area contributed by atoms with Crippen molar-refractivity contribution in [1.29, 1.82) is 0 Å². The molecule has 5 nitrogen and oxygen atoms in total. The third-order valence-corrected chi connectivity index (χ3v) is 4.13. The molecule has 0 saturated carbocycles. The Morgan fingerprint density at radius 1 is 1.19 bits per heavy atom. The topological polar surface area (TPSA) is 65.9 Å². The molecule has 0 spiro atoms. The number of benzene rings is 2. The molecular weight excluding hydrogens is 326 g/mol. The van der Waals surface area contributed by atoms with E-state index in [1.54, 1.807) is 25.3 Å². The number of aliphatic imine (C=N–C) groups is 1. The first-order chi connectivity index (χ1) is 12.6. The van der Waals surface area contributed by atoms with Gasteiger partial charge in [0.1, 0.15) is 11.5 Å². The van der Waals surface area contributed by atoms with Gasteiger partial charge in [-0.2, -0.15) is 0 Å². The van der Waals surface area contributed by atoms with Gasteiger partial charge in [-0.05, 0) is 50.5 Å². The van der Waals surface area contributed by atoms with Crippen LogP contribution in [0.2, 0.25) is 0 Å². The second-order valence-corrected chi connectivity index (χ2v) is 6.26. The van der Waals surface area contributed by atoms with Gasteiger partial charge in [-0.25, -0.2) is 4.99 Å². The Hall–Kier alpha value is -2.69. The summed E-state index contributed by atoms with van der Waals surface area (Å²) in [5.74, 6) is 1.68. The largest absolute Gasteiger partial charge is 0.508 e. The highest BCUT2D eigenvalue weighted by Crippen LogP contribution is 2.23. The van der Waals surface area contributed by atoms with Crippen molar-refractivity contribution in [3.63, 3.8) is 0 Å². The summed E-state index contributed by atoms with van der Waals surface area (Å²) in [5.41, 5.74) is 2.07. The molecule has 3 N–H and O–H groups in total. The molecule has 0 heterocycles. The minimum atomic E-state index is 0.225. The van der Waals surface area contributed by atoms with Gasteiger partial charge in [-0.3, -0.25) is 0 Å². The lowest BCUT2D eigenvalue weighted by Crippen LogP contribution is -2.42. The number of rotatable bonds is 8. The maximum Gasteiger partial charge on any atom is 0.191 e. The lowest BCUT2D eigenvalue weighted by atomic mass is 10.1. The number of phenols is 1. The molecule has 0 radical (unpaired) electrons. The van der Waals surface area contributed by atoms with Crippen molar-refractivity contribution in [2.75, 3.05) is 13.7 Å². The fraction of sp³-hybridized carbons (Fsp3) is 0.381. The fourth-order valence-electron chi connectivity index (χ4n) is 2.63.